The lowest BCUT2D eigenvalue weighted by Crippen LogP contribution is -2.17. The summed E-state index contributed by atoms with van der Waals surface area (Å²) in [6.45, 7) is 4.29. The van der Waals surface area contributed by atoms with Crippen LogP contribution >= 0.6 is 15.9 Å². The summed E-state index contributed by atoms with van der Waals surface area (Å²) in [7, 11) is 0. The van der Waals surface area contributed by atoms with Gasteiger partial charge >= 0.3 is 11.9 Å². The Labute approximate surface area is 245 Å². The van der Waals surface area contributed by atoms with Gasteiger partial charge in [-0.15, -0.1) is 0 Å². The highest BCUT2D eigenvalue weighted by atomic mass is 79.9. The van der Waals surface area contributed by atoms with Gasteiger partial charge in [0.1, 0.15) is 23.9 Å². The van der Waals surface area contributed by atoms with E-state index in [2.05, 4.69) is 57.0 Å². The molecule has 0 aliphatic carbocycles. The van der Waals surface area contributed by atoms with E-state index < -0.39 is 11.9 Å². The second kappa shape index (κ2) is 12.5. The summed E-state index contributed by atoms with van der Waals surface area (Å²) in [6, 6.07) is 28.9. The zero-order valence-electron chi connectivity index (χ0n) is 22.3. The van der Waals surface area contributed by atoms with Crippen LogP contribution in [0.15, 0.2) is 111 Å². The average molecular weight is 612 g/mol. The number of rotatable bonds is 9. The summed E-state index contributed by atoms with van der Waals surface area (Å²) in [5, 5.41) is 4.00. The van der Waals surface area contributed by atoms with E-state index in [0.717, 1.165) is 21.5 Å². The molecule has 0 radical (unpaired) electrons. The number of carbonyl (C=O) groups excluding carboxylic acids is 2. The molecule has 1 amide bonds. The fourth-order valence-electron chi connectivity index (χ4n) is 4.14. The minimum Gasteiger partial charge on any atom is -0.486 e. The van der Waals surface area contributed by atoms with Gasteiger partial charge in [0.15, 0.2) is 5.76 Å². The summed E-state index contributed by atoms with van der Waals surface area (Å²) < 4.78 is 20.0. The van der Waals surface area contributed by atoms with Crippen molar-refractivity contribution < 1.29 is 23.5 Å². The topological polar surface area (TPSA) is 95.1 Å². The molecule has 206 valence electrons. The number of amides is 1. The third-order valence-corrected chi connectivity index (χ3v) is 6.73. The second-order valence-electron chi connectivity index (χ2n) is 9.13. The Balaban J connectivity index is 1.15. The van der Waals surface area contributed by atoms with E-state index in [0.29, 0.717) is 28.4 Å². The average Bonchev–Trinajstić information content (AvgIpc) is 3.59. The number of halogens is 1. The first-order valence-corrected chi connectivity index (χ1v) is 13.5. The molecular weight excluding hydrogens is 586 g/mol. The van der Waals surface area contributed by atoms with Gasteiger partial charge in [-0.3, -0.25) is 4.79 Å². The van der Waals surface area contributed by atoms with Crippen LogP contribution in [-0.4, -0.2) is 22.7 Å². The van der Waals surface area contributed by atoms with Gasteiger partial charge in [-0.05, 0) is 98.8 Å². The molecule has 0 unspecified atom stereocenters. The number of furan rings is 1. The van der Waals surface area contributed by atoms with E-state index in [1.165, 1.54) is 6.21 Å². The molecular formula is C32H26BrN3O5. The second-order valence-corrected chi connectivity index (χ2v) is 10.0. The lowest BCUT2D eigenvalue weighted by Gasteiger charge is -2.10. The van der Waals surface area contributed by atoms with Crippen molar-refractivity contribution in [2.24, 2.45) is 5.10 Å². The number of nitrogens with zero attached hydrogens (tertiary/aromatic N) is 2. The number of hydrazone groups is 1. The van der Waals surface area contributed by atoms with E-state index >= 15 is 0 Å². The molecule has 8 nitrogen and oxygen atoms in total. The van der Waals surface area contributed by atoms with E-state index in [4.69, 9.17) is 13.9 Å². The summed E-state index contributed by atoms with van der Waals surface area (Å²) >= 11 is 3.34. The summed E-state index contributed by atoms with van der Waals surface area (Å²) in [4.78, 5) is 25.1. The van der Waals surface area contributed by atoms with Gasteiger partial charge in [0.05, 0.1) is 11.8 Å². The lowest BCUT2D eigenvalue weighted by atomic mass is 10.2. The SMILES string of the molecule is Cc1ccc(C)n1-c1ccc(OCc2ccc(C(=O)N/N=C\c3ccccc3OC(=O)c3ccc(Br)cc3)o2)cc1. The van der Waals surface area contributed by atoms with Crippen molar-refractivity contribution in [3.63, 3.8) is 0 Å². The van der Waals surface area contributed by atoms with Gasteiger partial charge in [0.25, 0.3) is 0 Å². The van der Waals surface area contributed by atoms with Crippen molar-refractivity contribution in [3.05, 3.63) is 136 Å². The van der Waals surface area contributed by atoms with Gasteiger partial charge in [0, 0.05) is 27.1 Å². The minimum atomic E-state index is -0.529. The van der Waals surface area contributed by atoms with Gasteiger partial charge in [0.2, 0.25) is 0 Å². The van der Waals surface area contributed by atoms with Crippen molar-refractivity contribution in [1.82, 2.24) is 9.99 Å². The van der Waals surface area contributed by atoms with E-state index in [-0.39, 0.29) is 12.4 Å². The molecule has 0 fully saturated rings. The van der Waals surface area contributed by atoms with Crippen molar-refractivity contribution >= 4 is 34.0 Å². The minimum absolute atomic E-state index is 0.0876. The first kappa shape index (κ1) is 27.7. The van der Waals surface area contributed by atoms with Crippen molar-refractivity contribution in [1.29, 1.82) is 0 Å². The Morgan fingerprint density at radius 3 is 2.34 bits per heavy atom. The molecule has 5 aromatic rings. The fourth-order valence-corrected chi connectivity index (χ4v) is 4.40. The molecule has 2 aromatic heterocycles. The highest BCUT2D eigenvalue weighted by Crippen LogP contribution is 2.21. The Morgan fingerprint density at radius 1 is 0.902 bits per heavy atom. The molecule has 0 saturated carbocycles. The number of hydrogen-bond acceptors (Lipinski definition) is 6. The number of carbonyl (C=O) groups is 2. The zero-order chi connectivity index (χ0) is 28.8. The van der Waals surface area contributed by atoms with Crippen molar-refractivity contribution in [2.75, 3.05) is 0 Å². The van der Waals surface area contributed by atoms with Crippen LogP contribution in [0.3, 0.4) is 0 Å². The summed E-state index contributed by atoms with van der Waals surface area (Å²) in [6.07, 6.45) is 1.40. The van der Waals surface area contributed by atoms with Crippen LogP contribution in [0.2, 0.25) is 0 Å². The number of para-hydroxylation sites is 1. The molecule has 5 rings (SSSR count). The largest absolute Gasteiger partial charge is 0.486 e. The van der Waals surface area contributed by atoms with Gasteiger partial charge in [-0.2, -0.15) is 5.10 Å². The van der Waals surface area contributed by atoms with Crippen molar-refractivity contribution in [2.45, 2.75) is 20.5 Å². The maximum atomic E-state index is 12.6. The molecule has 0 aliphatic rings. The molecule has 0 spiro atoms. The first-order chi connectivity index (χ1) is 19.9. The number of hydrogen-bond donors (Lipinski definition) is 1. The summed E-state index contributed by atoms with van der Waals surface area (Å²) in [5.41, 5.74) is 6.72. The molecule has 2 heterocycles. The number of aromatic nitrogens is 1. The number of benzene rings is 3. The third-order valence-electron chi connectivity index (χ3n) is 6.20. The van der Waals surface area contributed by atoms with Crippen LogP contribution in [-0.2, 0) is 6.61 Å². The molecule has 0 aliphatic heterocycles. The maximum absolute atomic E-state index is 12.6. The molecule has 0 bridgehead atoms. The highest BCUT2D eigenvalue weighted by Gasteiger charge is 2.13. The van der Waals surface area contributed by atoms with E-state index in [1.54, 1.807) is 60.7 Å². The van der Waals surface area contributed by atoms with Crippen LogP contribution in [0.25, 0.3) is 5.69 Å². The van der Waals surface area contributed by atoms with Gasteiger partial charge in [-0.1, -0.05) is 28.1 Å². The van der Waals surface area contributed by atoms with Crippen LogP contribution in [0, 0.1) is 13.8 Å². The predicted molar refractivity (Wildman–Crippen MR) is 159 cm³/mol. The van der Waals surface area contributed by atoms with Gasteiger partial charge in [-0.25, -0.2) is 10.2 Å². The van der Waals surface area contributed by atoms with Gasteiger partial charge < -0.3 is 18.5 Å². The Kier molecular flexibility index (Phi) is 8.45. The van der Waals surface area contributed by atoms with Crippen LogP contribution in [0.4, 0.5) is 0 Å². The third kappa shape index (κ3) is 6.82. The number of aryl methyl sites for hydroxylation is 2. The zero-order valence-corrected chi connectivity index (χ0v) is 23.9. The molecule has 0 atom stereocenters. The number of nitrogens with one attached hydrogen (secondary N) is 1. The van der Waals surface area contributed by atoms with Crippen LogP contribution in [0.5, 0.6) is 11.5 Å². The Bertz CT molecular complexity index is 1680. The van der Waals surface area contributed by atoms with Crippen molar-refractivity contribution in [3.8, 4) is 17.2 Å². The number of ether oxygens (including phenoxy) is 2. The monoisotopic (exact) mass is 611 g/mol. The van der Waals surface area contributed by atoms with Crippen LogP contribution in [0.1, 0.15) is 43.6 Å². The fraction of sp³-hybridized carbons (Fsp3) is 0.0938. The highest BCUT2D eigenvalue weighted by molar-refractivity contribution is 9.10. The molecule has 9 heteroatoms. The maximum Gasteiger partial charge on any atom is 0.343 e. The number of esters is 1. The Hall–Kier alpha value is -4.89. The quantitative estimate of drug-likeness (QED) is 0.0837. The molecule has 41 heavy (non-hydrogen) atoms. The summed E-state index contributed by atoms with van der Waals surface area (Å²) in [5.74, 6) is 0.536. The van der Waals surface area contributed by atoms with E-state index in [9.17, 15) is 9.59 Å². The standard InChI is InChI=1S/C32H26BrN3O5/c1-21-7-8-22(2)36(21)26-13-15-27(16-14-26)39-20-28-17-18-30(40-28)31(37)35-34-19-24-5-3-4-6-29(24)41-32(38)23-9-11-25(33)12-10-23/h3-19H,20H2,1-2H3,(H,35,37)/b34-19-. The van der Waals surface area contributed by atoms with E-state index in [1.807, 2.05) is 24.3 Å². The Morgan fingerprint density at radius 2 is 1.61 bits per heavy atom. The predicted octanol–water partition coefficient (Wildman–Crippen LogP) is 7.01. The first-order valence-electron chi connectivity index (χ1n) is 12.7. The smallest absolute Gasteiger partial charge is 0.343 e. The van der Waals surface area contributed by atoms with Crippen LogP contribution < -0.4 is 14.9 Å². The molecule has 3 aromatic carbocycles. The molecule has 0 saturated heterocycles. The normalized spacial score (nSPS) is 11.0. The molecule has 1 N–H and O–H groups in total. The lowest BCUT2D eigenvalue weighted by molar-refractivity contribution is 0.0734.